The van der Waals surface area contributed by atoms with Crippen LogP contribution in [0.3, 0.4) is 0 Å². The van der Waals surface area contributed by atoms with Crippen LogP contribution in [0.1, 0.15) is 100 Å². The number of carboxylic acid groups (broad SMARTS) is 1. The summed E-state index contributed by atoms with van der Waals surface area (Å²) in [6, 6.07) is 1.30. The molecule has 0 atom stereocenters. The summed E-state index contributed by atoms with van der Waals surface area (Å²) in [6.07, 6.45) is 16.4. The monoisotopic (exact) mass is 529 g/mol. The third-order valence-corrected chi connectivity index (χ3v) is 8.09. The predicted octanol–water partition coefficient (Wildman–Crippen LogP) is 6.23. The van der Waals surface area contributed by atoms with Gasteiger partial charge in [0.2, 0.25) is 5.43 Å². The van der Waals surface area contributed by atoms with Gasteiger partial charge in [-0.1, -0.05) is 64.7 Å². The Labute approximate surface area is 225 Å². The van der Waals surface area contributed by atoms with E-state index >= 15 is 4.39 Å². The third-order valence-electron chi connectivity index (χ3n) is 8.09. The molecule has 0 spiro atoms. The number of nitrogens with zero attached hydrogens (tertiary/aromatic N) is 3. The second-order valence-corrected chi connectivity index (χ2v) is 11.0. The molecule has 8 heteroatoms. The van der Waals surface area contributed by atoms with Crippen LogP contribution in [0.2, 0.25) is 0 Å². The van der Waals surface area contributed by atoms with Gasteiger partial charge in [0.25, 0.3) is 0 Å². The van der Waals surface area contributed by atoms with Crippen molar-refractivity contribution in [2.75, 3.05) is 44.7 Å². The van der Waals surface area contributed by atoms with Crippen molar-refractivity contribution in [2.24, 2.45) is 0 Å². The minimum Gasteiger partial charge on any atom is -0.492 e. The van der Waals surface area contributed by atoms with Crippen LogP contribution in [-0.2, 0) is 0 Å². The van der Waals surface area contributed by atoms with Gasteiger partial charge in [0, 0.05) is 38.4 Å². The minimum absolute atomic E-state index is 0.0643. The number of hydrogen-bond acceptors (Lipinski definition) is 5. The van der Waals surface area contributed by atoms with Crippen LogP contribution >= 0.6 is 0 Å². The average Bonchev–Trinajstić information content (AvgIpc) is 3.75. The Kier molecular flexibility index (Phi) is 10.1. The van der Waals surface area contributed by atoms with Crippen LogP contribution in [-0.4, -0.2) is 60.4 Å². The van der Waals surface area contributed by atoms with Crippen LogP contribution in [0.25, 0.3) is 10.9 Å². The van der Waals surface area contributed by atoms with E-state index in [0.29, 0.717) is 30.0 Å². The van der Waals surface area contributed by atoms with Gasteiger partial charge in [-0.05, 0) is 31.9 Å². The Morgan fingerprint density at radius 2 is 1.61 bits per heavy atom. The maximum absolute atomic E-state index is 15.5. The van der Waals surface area contributed by atoms with E-state index in [2.05, 4.69) is 11.8 Å². The Morgan fingerprint density at radius 3 is 2.16 bits per heavy atom. The van der Waals surface area contributed by atoms with E-state index in [4.69, 9.17) is 4.74 Å². The molecule has 2 heterocycles. The molecule has 38 heavy (non-hydrogen) atoms. The number of benzene rings is 1. The van der Waals surface area contributed by atoms with Crippen molar-refractivity contribution in [3.8, 4) is 5.75 Å². The second kappa shape index (κ2) is 13.5. The molecule has 0 bridgehead atoms. The standard InChI is InChI=1S/C30H44FN3O4/c1-3-4-5-6-7-8-9-10-11-12-15-32-16-18-33(19-17-32)27-25(31)20-23-26(29(27)38-2)34(22-13-14-22)21-24(28(23)35)30(36)37/h20-22H,3-19H2,1-2H3,(H,36,37). The third kappa shape index (κ3) is 6.68. The summed E-state index contributed by atoms with van der Waals surface area (Å²) < 4.78 is 23.1. The summed E-state index contributed by atoms with van der Waals surface area (Å²) in [5, 5.41) is 9.60. The fraction of sp³-hybridized carbons (Fsp3) is 0.667. The molecule has 4 rings (SSSR count). The number of carboxylic acids is 1. The molecule has 1 aromatic heterocycles. The van der Waals surface area contributed by atoms with E-state index in [1.165, 1.54) is 83.6 Å². The fourth-order valence-corrected chi connectivity index (χ4v) is 5.74. The number of rotatable bonds is 15. The molecular formula is C30H44FN3O4. The zero-order chi connectivity index (χ0) is 27.1. The number of pyridine rings is 1. The van der Waals surface area contributed by atoms with Gasteiger partial charge in [-0.15, -0.1) is 0 Å². The normalized spacial score (nSPS) is 16.3. The van der Waals surface area contributed by atoms with Crippen molar-refractivity contribution in [3.63, 3.8) is 0 Å². The van der Waals surface area contributed by atoms with Gasteiger partial charge in [0.15, 0.2) is 11.6 Å². The van der Waals surface area contributed by atoms with E-state index in [-0.39, 0.29) is 17.0 Å². The number of aromatic carboxylic acids is 1. The second-order valence-electron chi connectivity index (χ2n) is 11.0. The van der Waals surface area contributed by atoms with Crippen LogP contribution in [0.4, 0.5) is 10.1 Å². The van der Waals surface area contributed by atoms with Gasteiger partial charge in [-0.3, -0.25) is 9.69 Å². The average molecular weight is 530 g/mol. The lowest BCUT2D eigenvalue weighted by atomic mass is 10.1. The van der Waals surface area contributed by atoms with E-state index in [1.807, 2.05) is 9.47 Å². The first-order valence-corrected chi connectivity index (χ1v) is 14.6. The number of anilines is 1. The molecule has 0 radical (unpaired) electrons. The highest BCUT2D eigenvalue weighted by Gasteiger charge is 2.32. The highest BCUT2D eigenvalue weighted by molar-refractivity contribution is 5.97. The Morgan fingerprint density at radius 1 is 1.00 bits per heavy atom. The number of unbranched alkanes of at least 4 members (excludes halogenated alkanes) is 9. The number of ether oxygens (including phenoxy) is 1. The van der Waals surface area contributed by atoms with E-state index in [1.54, 1.807) is 0 Å². The largest absolute Gasteiger partial charge is 0.492 e. The number of aromatic nitrogens is 1. The van der Waals surface area contributed by atoms with Gasteiger partial charge >= 0.3 is 5.97 Å². The number of methoxy groups -OCH3 is 1. The fourth-order valence-electron chi connectivity index (χ4n) is 5.74. The topological polar surface area (TPSA) is 75.0 Å². The summed E-state index contributed by atoms with van der Waals surface area (Å²) in [6.45, 7) is 6.39. The summed E-state index contributed by atoms with van der Waals surface area (Å²) in [7, 11) is 1.49. The smallest absolute Gasteiger partial charge is 0.341 e. The van der Waals surface area contributed by atoms with Crippen LogP contribution < -0.4 is 15.1 Å². The predicted molar refractivity (Wildman–Crippen MR) is 150 cm³/mol. The molecule has 1 aromatic carbocycles. The molecule has 0 amide bonds. The Balaban J connectivity index is 1.37. The lowest BCUT2D eigenvalue weighted by molar-refractivity contribution is 0.0694. The first kappa shape index (κ1) is 28.4. The summed E-state index contributed by atoms with van der Waals surface area (Å²) in [5.41, 5.74) is -0.140. The summed E-state index contributed by atoms with van der Waals surface area (Å²) in [4.78, 5) is 29.1. The maximum Gasteiger partial charge on any atom is 0.341 e. The van der Waals surface area contributed by atoms with Gasteiger partial charge in [0.05, 0.1) is 18.0 Å². The van der Waals surface area contributed by atoms with Crippen LogP contribution in [0.15, 0.2) is 17.1 Å². The molecular weight excluding hydrogens is 485 g/mol. The van der Waals surface area contributed by atoms with Crippen LogP contribution in [0.5, 0.6) is 5.75 Å². The molecule has 2 fully saturated rings. The van der Waals surface area contributed by atoms with Crippen molar-refractivity contribution >= 4 is 22.6 Å². The van der Waals surface area contributed by atoms with E-state index in [0.717, 1.165) is 32.5 Å². The van der Waals surface area contributed by atoms with Crippen molar-refractivity contribution in [2.45, 2.75) is 90.0 Å². The van der Waals surface area contributed by atoms with Gasteiger partial charge in [0.1, 0.15) is 11.3 Å². The molecule has 2 aliphatic rings. The molecule has 1 saturated heterocycles. The van der Waals surface area contributed by atoms with Crippen LogP contribution in [0, 0.1) is 5.82 Å². The SMILES string of the molecule is CCCCCCCCCCCCN1CCN(c2c(F)cc3c(=O)c(C(=O)O)cn(C4CC4)c3c2OC)CC1. The molecule has 7 nitrogen and oxygen atoms in total. The molecule has 1 N–H and O–H groups in total. The summed E-state index contributed by atoms with van der Waals surface area (Å²) in [5.74, 6) is -1.52. The van der Waals surface area contributed by atoms with Crippen molar-refractivity contribution in [1.29, 1.82) is 0 Å². The lowest BCUT2D eigenvalue weighted by Crippen LogP contribution is -2.47. The molecule has 1 saturated carbocycles. The molecule has 2 aromatic rings. The quantitative estimate of drug-likeness (QED) is 0.276. The minimum atomic E-state index is -1.30. The highest BCUT2D eigenvalue weighted by atomic mass is 19.1. The van der Waals surface area contributed by atoms with Gasteiger partial charge in [-0.2, -0.15) is 0 Å². The highest BCUT2D eigenvalue weighted by Crippen LogP contribution is 2.43. The summed E-state index contributed by atoms with van der Waals surface area (Å²) >= 11 is 0. The zero-order valence-electron chi connectivity index (χ0n) is 23.1. The molecule has 1 aliphatic heterocycles. The number of piperazine rings is 1. The van der Waals surface area contributed by atoms with Gasteiger partial charge in [-0.25, -0.2) is 9.18 Å². The first-order chi connectivity index (χ1) is 18.5. The van der Waals surface area contributed by atoms with E-state index < -0.39 is 17.2 Å². The molecule has 0 unspecified atom stereocenters. The van der Waals surface area contributed by atoms with Crippen molar-refractivity contribution in [3.05, 3.63) is 33.9 Å². The Bertz CT molecular complexity index is 1150. The number of fused-ring (bicyclic) bond motifs is 1. The Hall–Kier alpha value is -2.61. The van der Waals surface area contributed by atoms with Gasteiger partial charge < -0.3 is 19.3 Å². The van der Waals surface area contributed by atoms with E-state index in [9.17, 15) is 14.7 Å². The first-order valence-electron chi connectivity index (χ1n) is 14.6. The zero-order valence-corrected chi connectivity index (χ0v) is 23.1. The molecule has 210 valence electrons. The maximum atomic E-state index is 15.5. The number of hydrogen-bond donors (Lipinski definition) is 1. The number of carbonyl (C=O) groups is 1. The van der Waals surface area contributed by atoms with Crippen molar-refractivity contribution in [1.82, 2.24) is 9.47 Å². The molecule has 1 aliphatic carbocycles. The lowest BCUT2D eigenvalue weighted by Gasteiger charge is -2.37. The number of halogens is 1. The van der Waals surface area contributed by atoms with Crippen molar-refractivity contribution < 1.29 is 19.0 Å².